The van der Waals surface area contributed by atoms with Gasteiger partial charge in [-0.25, -0.2) is 0 Å². The van der Waals surface area contributed by atoms with Crippen molar-refractivity contribution >= 4 is 41.7 Å². The number of ether oxygens (including phenoxy) is 1. The van der Waals surface area contributed by atoms with Crippen LogP contribution in [0.2, 0.25) is 0 Å². The van der Waals surface area contributed by atoms with E-state index in [0.29, 0.717) is 0 Å². The second-order valence-corrected chi connectivity index (χ2v) is 7.87. The molecule has 0 aromatic heterocycles. The number of guanidine groups is 1. The van der Waals surface area contributed by atoms with E-state index >= 15 is 0 Å². The Morgan fingerprint density at radius 1 is 1.22 bits per heavy atom. The lowest BCUT2D eigenvalue weighted by atomic mass is 10.2. The number of rotatable bonds is 10. The molecular formula is C20H35IN4OS. The van der Waals surface area contributed by atoms with Crippen molar-refractivity contribution in [3.63, 3.8) is 0 Å². The van der Waals surface area contributed by atoms with Gasteiger partial charge in [0.05, 0.1) is 0 Å². The van der Waals surface area contributed by atoms with Gasteiger partial charge in [-0.15, -0.1) is 24.0 Å². The molecule has 0 radical (unpaired) electrons. The molecule has 7 heteroatoms. The fourth-order valence-electron chi connectivity index (χ4n) is 2.96. The van der Waals surface area contributed by atoms with Crippen LogP contribution >= 0.6 is 35.7 Å². The summed E-state index contributed by atoms with van der Waals surface area (Å²) in [6, 6.07) is 8.31. The summed E-state index contributed by atoms with van der Waals surface area (Å²) in [4.78, 5) is 6.67. The van der Waals surface area contributed by atoms with Gasteiger partial charge in [0.25, 0.3) is 0 Å². The maximum absolute atomic E-state index is 5.84. The maximum Gasteiger partial charge on any atom is 0.191 e. The smallest absolute Gasteiger partial charge is 0.191 e. The van der Waals surface area contributed by atoms with Gasteiger partial charge in [-0.1, -0.05) is 26.0 Å². The normalized spacial score (nSPS) is 16.9. The van der Waals surface area contributed by atoms with Crippen molar-refractivity contribution < 1.29 is 4.74 Å². The van der Waals surface area contributed by atoms with Gasteiger partial charge < -0.3 is 20.3 Å². The Morgan fingerprint density at radius 3 is 2.56 bits per heavy atom. The zero-order chi connectivity index (χ0) is 18.6. The van der Waals surface area contributed by atoms with Gasteiger partial charge in [0, 0.05) is 31.9 Å². The summed E-state index contributed by atoms with van der Waals surface area (Å²) in [5.41, 5.74) is 1.22. The summed E-state index contributed by atoms with van der Waals surface area (Å²) >= 11 is 2.06. The number of hydrogen-bond donors (Lipinski definition) is 2. The van der Waals surface area contributed by atoms with Gasteiger partial charge in [0.2, 0.25) is 0 Å². The number of halogens is 1. The van der Waals surface area contributed by atoms with Crippen LogP contribution in [0.3, 0.4) is 0 Å². The Bertz CT molecular complexity index is 531. The van der Waals surface area contributed by atoms with E-state index in [-0.39, 0.29) is 24.0 Å². The molecule has 154 valence electrons. The van der Waals surface area contributed by atoms with E-state index in [1.807, 2.05) is 19.2 Å². The summed E-state index contributed by atoms with van der Waals surface area (Å²) in [5, 5.41) is 7.54. The third kappa shape index (κ3) is 9.38. The van der Waals surface area contributed by atoms with Crippen LogP contribution in [0.25, 0.3) is 0 Å². The summed E-state index contributed by atoms with van der Waals surface area (Å²) in [7, 11) is 1.82. The molecule has 1 aliphatic rings. The Kier molecular flexibility index (Phi) is 12.9. The standard InChI is InChI=1S/C20H34N4OS.HI/c1-4-24(5-2)12-13-25-18-10-8-17(9-11-18)15-22-20(21-3)23-16-19-7-6-14-26-19;/h8-11,19H,4-7,12-16H2,1-3H3,(H2,21,22,23);1H. The zero-order valence-electron chi connectivity index (χ0n) is 16.9. The molecule has 5 nitrogen and oxygen atoms in total. The highest BCUT2D eigenvalue weighted by Gasteiger charge is 2.15. The molecule has 1 aliphatic heterocycles. The number of likely N-dealkylation sites (N-methyl/N-ethyl adjacent to an activating group) is 1. The van der Waals surface area contributed by atoms with Crippen molar-refractivity contribution in [2.45, 2.75) is 38.5 Å². The highest BCUT2D eigenvalue weighted by atomic mass is 127. The fourth-order valence-corrected chi connectivity index (χ4v) is 4.16. The van der Waals surface area contributed by atoms with Crippen LogP contribution in [0.1, 0.15) is 32.3 Å². The quantitative estimate of drug-likeness (QED) is 0.289. The lowest BCUT2D eigenvalue weighted by Gasteiger charge is -2.18. The van der Waals surface area contributed by atoms with Crippen LogP contribution < -0.4 is 15.4 Å². The highest BCUT2D eigenvalue weighted by molar-refractivity contribution is 14.0. The minimum atomic E-state index is 0. The number of nitrogens with one attached hydrogen (secondary N) is 2. The second kappa shape index (κ2) is 14.3. The van der Waals surface area contributed by atoms with Gasteiger partial charge in [0.15, 0.2) is 5.96 Å². The molecule has 1 fully saturated rings. The largest absolute Gasteiger partial charge is 0.492 e. The molecule has 1 saturated heterocycles. The van der Waals surface area contributed by atoms with Crippen LogP contribution in [0.15, 0.2) is 29.3 Å². The zero-order valence-corrected chi connectivity index (χ0v) is 20.0. The van der Waals surface area contributed by atoms with Gasteiger partial charge >= 0.3 is 0 Å². The Labute approximate surface area is 186 Å². The predicted molar refractivity (Wildman–Crippen MR) is 129 cm³/mol. The Morgan fingerprint density at radius 2 is 1.96 bits per heavy atom. The number of hydrogen-bond acceptors (Lipinski definition) is 4. The molecule has 27 heavy (non-hydrogen) atoms. The third-order valence-electron chi connectivity index (χ3n) is 4.70. The molecule has 1 heterocycles. The minimum Gasteiger partial charge on any atom is -0.492 e. The predicted octanol–water partition coefficient (Wildman–Crippen LogP) is 3.59. The van der Waals surface area contributed by atoms with Gasteiger partial charge in [-0.05, 0) is 49.4 Å². The molecule has 2 N–H and O–H groups in total. The molecular weight excluding hydrogens is 471 g/mol. The first kappa shape index (κ1) is 24.4. The van der Waals surface area contributed by atoms with Crippen LogP contribution in [0.5, 0.6) is 5.75 Å². The lowest BCUT2D eigenvalue weighted by molar-refractivity contribution is 0.223. The van der Waals surface area contributed by atoms with Crippen LogP contribution in [-0.2, 0) is 6.54 Å². The summed E-state index contributed by atoms with van der Waals surface area (Å²) in [6.07, 6.45) is 2.65. The number of nitrogens with zero attached hydrogens (tertiary/aromatic N) is 2. The van der Waals surface area contributed by atoms with Crippen LogP contribution in [0.4, 0.5) is 0 Å². The van der Waals surface area contributed by atoms with E-state index in [1.54, 1.807) is 0 Å². The van der Waals surface area contributed by atoms with E-state index < -0.39 is 0 Å². The van der Waals surface area contributed by atoms with Crippen LogP contribution in [0, 0.1) is 0 Å². The van der Waals surface area contributed by atoms with Crippen molar-refractivity contribution in [1.82, 2.24) is 15.5 Å². The molecule has 1 aromatic carbocycles. The number of thioether (sulfide) groups is 1. The van der Waals surface area contributed by atoms with Gasteiger partial charge in [-0.3, -0.25) is 4.99 Å². The fraction of sp³-hybridized carbons (Fsp3) is 0.650. The van der Waals surface area contributed by atoms with Crippen molar-refractivity contribution in [3.8, 4) is 5.75 Å². The average Bonchev–Trinajstić information content (AvgIpc) is 3.20. The molecule has 0 bridgehead atoms. The SMILES string of the molecule is CCN(CC)CCOc1ccc(CNC(=NC)NCC2CCCS2)cc1.I. The van der Waals surface area contributed by atoms with Crippen molar-refractivity contribution in [3.05, 3.63) is 29.8 Å². The first-order valence-electron chi connectivity index (χ1n) is 9.75. The summed E-state index contributed by atoms with van der Waals surface area (Å²) in [5.74, 6) is 3.10. The van der Waals surface area contributed by atoms with E-state index in [2.05, 4.69) is 58.3 Å². The van der Waals surface area contributed by atoms with Crippen LogP contribution in [-0.4, -0.2) is 61.7 Å². The monoisotopic (exact) mass is 506 g/mol. The lowest BCUT2D eigenvalue weighted by Crippen LogP contribution is -2.39. The Hall–Kier alpha value is -0.670. The van der Waals surface area contributed by atoms with E-state index in [0.717, 1.165) is 56.3 Å². The molecule has 1 unspecified atom stereocenters. The molecule has 0 saturated carbocycles. The maximum atomic E-state index is 5.84. The first-order valence-corrected chi connectivity index (χ1v) is 10.8. The Balaban J connectivity index is 0.00000364. The van der Waals surface area contributed by atoms with Crippen molar-refractivity contribution in [2.24, 2.45) is 4.99 Å². The molecule has 2 rings (SSSR count). The van der Waals surface area contributed by atoms with Gasteiger partial charge in [-0.2, -0.15) is 11.8 Å². The molecule has 1 aromatic rings. The highest BCUT2D eigenvalue weighted by Crippen LogP contribution is 2.25. The topological polar surface area (TPSA) is 48.9 Å². The molecule has 1 atom stereocenters. The van der Waals surface area contributed by atoms with Gasteiger partial charge in [0.1, 0.15) is 12.4 Å². The van der Waals surface area contributed by atoms with E-state index in [1.165, 1.54) is 24.2 Å². The summed E-state index contributed by atoms with van der Waals surface area (Å²) < 4.78 is 5.84. The van der Waals surface area contributed by atoms with Crippen molar-refractivity contribution in [1.29, 1.82) is 0 Å². The number of aliphatic imine (C=N–C) groups is 1. The molecule has 0 aliphatic carbocycles. The third-order valence-corrected chi connectivity index (χ3v) is 6.10. The van der Waals surface area contributed by atoms with Crippen molar-refractivity contribution in [2.75, 3.05) is 45.6 Å². The first-order chi connectivity index (χ1) is 12.7. The molecule has 0 amide bonds. The number of benzene rings is 1. The van der Waals surface area contributed by atoms with E-state index in [4.69, 9.17) is 4.74 Å². The summed E-state index contributed by atoms with van der Waals surface area (Å²) in [6.45, 7) is 9.95. The van der Waals surface area contributed by atoms with E-state index in [9.17, 15) is 0 Å². The second-order valence-electron chi connectivity index (χ2n) is 6.46. The molecule has 0 spiro atoms. The average molecular weight is 506 g/mol. The minimum absolute atomic E-state index is 0.